The Kier molecular flexibility index (Phi) is 5.58. The number of carbonyl (C=O) groups excluding carboxylic acids is 1. The number of para-hydroxylation sites is 1. The van der Waals surface area contributed by atoms with Gasteiger partial charge in [0.2, 0.25) is 0 Å². The molecule has 0 aliphatic carbocycles. The third-order valence-electron chi connectivity index (χ3n) is 4.65. The number of aromatic nitrogens is 2. The summed E-state index contributed by atoms with van der Waals surface area (Å²) in [6, 6.07) is 21.1. The SMILES string of the molecule is O=C(Nc1nc(-c2ccc(Br)cc2)cs1)c1cc(-c2ccc(Cl)s2)nc2ccccc12. The van der Waals surface area contributed by atoms with Crippen molar-refractivity contribution in [3.8, 4) is 21.8 Å². The number of hydrogen-bond donors (Lipinski definition) is 1. The van der Waals surface area contributed by atoms with E-state index in [1.54, 1.807) is 0 Å². The second-order valence-corrected chi connectivity index (χ2v) is 10.2. The lowest BCUT2D eigenvalue weighted by atomic mass is 10.1. The normalized spacial score (nSPS) is 11.0. The van der Waals surface area contributed by atoms with E-state index in [1.165, 1.54) is 22.7 Å². The van der Waals surface area contributed by atoms with Crippen LogP contribution in [0.4, 0.5) is 5.13 Å². The summed E-state index contributed by atoms with van der Waals surface area (Å²) in [6.45, 7) is 0. The zero-order valence-electron chi connectivity index (χ0n) is 15.8. The molecule has 152 valence electrons. The van der Waals surface area contributed by atoms with Gasteiger partial charge in [-0.2, -0.15) is 0 Å². The second-order valence-electron chi connectivity index (χ2n) is 6.67. The highest BCUT2D eigenvalue weighted by molar-refractivity contribution is 9.10. The van der Waals surface area contributed by atoms with Crippen LogP contribution in [0.2, 0.25) is 4.34 Å². The molecule has 0 saturated carbocycles. The van der Waals surface area contributed by atoms with Gasteiger partial charge in [-0.05, 0) is 36.4 Å². The Morgan fingerprint density at radius 2 is 1.77 bits per heavy atom. The van der Waals surface area contributed by atoms with Gasteiger partial charge in [0.15, 0.2) is 5.13 Å². The molecule has 5 aromatic rings. The molecule has 2 aromatic carbocycles. The summed E-state index contributed by atoms with van der Waals surface area (Å²) >= 11 is 12.4. The Labute approximate surface area is 199 Å². The summed E-state index contributed by atoms with van der Waals surface area (Å²) in [5, 5.41) is 6.21. The van der Waals surface area contributed by atoms with E-state index in [-0.39, 0.29) is 5.91 Å². The first-order valence-corrected chi connectivity index (χ1v) is 12.1. The maximum Gasteiger partial charge on any atom is 0.258 e. The molecule has 0 atom stereocenters. The van der Waals surface area contributed by atoms with E-state index >= 15 is 0 Å². The van der Waals surface area contributed by atoms with Gasteiger partial charge in [0.1, 0.15) is 0 Å². The minimum Gasteiger partial charge on any atom is -0.298 e. The van der Waals surface area contributed by atoms with Crippen LogP contribution >= 0.6 is 50.2 Å². The van der Waals surface area contributed by atoms with Crippen LogP contribution in [0.25, 0.3) is 32.7 Å². The summed E-state index contributed by atoms with van der Waals surface area (Å²) in [7, 11) is 0. The molecule has 3 heterocycles. The number of nitrogens with zero attached hydrogens (tertiary/aromatic N) is 2. The number of nitrogens with one attached hydrogen (secondary N) is 1. The number of carbonyl (C=O) groups is 1. The van der Waals surface area contributed by atoms with Gasteiger partial charge in [-0.25, -0.2) is 9.97 Å². The number of rotatable bonds is 4. The van der Waals surface area contributed by atoms with Crippen molar-refractivity contribution >= 4 is 72.1 Å². The van der Waals surface area contributed by atoms with Crippen molar-refractivity contribution in [2.24, 2.45) is 0 Å². The van der Waals surface area contributed by atoms with E-state index in [0.717, 1.165) is 37.2 Å². The van der Waals surface area contributed by atoms with Gasteiger partial charge < -0.3 is 0 Å². The summed E-state index contributed by atoms with van der Waals surface area (Å²) in [6.07, 6.45) is 0. The number of pyridine rings is 1. The van der Waals surface area contributed by atoms with Crippen LogP contribution in [0.5, 0.6) is 0 Å². The fraction of sp³-hybridized carbons (Fsp3) is 0. The molecule has 1 N–H and O–H groups in total. The standard InChI is InChI=1S/C23H13BrClN3OS2/c24-14-7-5-13(6-8-14)19-12-30-23(27-19)28-22(29)16-11-18(20-9-10-21(25)31-20)26-17-4-2-1-3-15(16)17/h1-12H,(H,27,28,29). The Hall–Kier alpha value is -2.58. The minimum absolute atomic E-state index is 0.223. The van der Waals surface area contributed by atoms with E-state index in [9.17, 15) is 4.79 Å². The molecule has 0 aliphatic rings. The molecule has 31 heavy (non-hydrogen) atoms. The molecule has 0 aliphatic heterocycles. The van der Waals surface area contributed by atoms with E-state index < -0.39 is 0 Å². The molecule has 0 spiro atoms. The summed E-state index contributed by atoms with van der Waals surface area (Å²) in [4.78, 5) is 23.4. The van der Waals surface area contributed by atoms with E-state index in [4.69, 9.17) is 16.6 Å². The zero-order valence-corrected chi connectivity index (χ0v) is 19.8. The molecule has 0 bridgehead atoms. The molecule has 0 unspecified atom stereocenters. The van der Waals surface area contributed by atoms with Crippen molar-refractivity contribution in [2.45, 2.75) is 0 Å². The lowest BCUT2D eigenvalue weighted by Gasteiger charge is -2.08. The predicted octanol–water partition coefficient (Wildman–Crippen LogP) is 7.76. The smallest absolute Gasteiger partial charge is 0.258 e. The molecule has 3 aromatic heterocycles. The summed E-state index contributed by atoms with van der Waals surface area (Å²) in [5.41, 5.74) is 3.83. The first-order chi connectivity index (χ1) is 15.1. The molecule has 1 amide bonds. The number of thiazole rings is 1. The number of amides is 1. The maximum atomic E-state index is 13.2. The number of thiophene rings is 1. The van der Waals surface area contributed by atoms with Gasteiger partial charge in [0, 0.05) is 20.8 Å². The first-order valence-electron chi connectivity index (χ1n) is 9.25. The highest BCUT2D eigenvalue weighted by Gasteiger charge is 2.16. The predicted molar refractivity (Wildman–Crippen MR) is 133 cm³/mol. The molecule has 5 rings (SSSR count). The van der Waals surface area contributed by atoms with Gasteiger partial charge in [0.05, 0.1) is 31.7 Å². The number of fused-ring (bicyclic) bond motifs is 1. The Morgan fingerprint density at radius 3 is 2.55 bits per heavy atom. The highest BCUT2D eigenvalue weighted by Crippen LogP contribution is 2.33. The Morgan fingerprint density at radius 1 is 0.968 bits per heavy atom. The maximum absolute atomic E-state index is 13.2. The van der Waals surface area contributed by atoms with Gasteiger partial charge in [0.25, 0.3) is 5.91 Å². The molecular formula is C23H13BrClN3OS2. The van der Waals surface area contributed by atoms with Crippen molar-refractivity contribution in [1.29, 1.82) is 0 Å². The number of benzene rings is 2. The third-order valence-corrected chi connectivity index (χ3v) is 7.19. The molecule has 0 saturated heterocycles. The second kappa shape index (κ2) is 8.51. The lowest BCUT2D eigenvalue weighted by Crippen LogP contribution is -2.13. The van der Waals surface area contributed by atoms with E-state index in [1.807, 2.05) is 72.1 Å². The van der Waals surface area contributed by atoms with Crippen LogP contribution < -0.4 is 5.32 Å². The van der Waals surface area contributed by atoms with Gasteiger partial charge in [-0.3, -0.25) is 10.1 Å². The third kappa shape index (κ3) is 4.27. The van der Waals surface area contributed by atoms with Crippen LogP contribution in [-0.4, -0.2) is 15.9 Å². The van der Waals surface area contributed by atoms with Crippen molar-refractivity contribution in [3.63, 3.8) is 0 Å². The fourth-order valence-corrected chi connectivity index (χ4v) is 5.17. The van der Waals surface area contributed by atoms with Crippen LogP contribution in [0, 0.1) is 0 Å². The Balaban J connectivity index is 1.49. The van der Waals surface area contributed by atoms with Crippen LogP contribution in [0.15, 0.2) is 76.6 Å². The number of halogens is 2. The molecule has 4 nitrogen and oxygen atoms in total. The monoisotopic (exact) mass is 525 g/mol. The van der Waals surface area contributed by atoms with Crippen LogP contribution in [0.3, 0.4) is 0 Å². The quantitative estimate of drug-likeness (QED) is 0.260. The van der Waals surface area contributed by atoms with Crippen molar-refractivity contribution in [3.05, 3.63) is 86.5 Å². The number of anilines is 1. The van der Waals surface area contributed by atoms with E-state index in [0.29, 0.717) is 15.0 Å². The zero-order chi connectivity index (χ0) is 21.4. The molecule has 0 fully saturated rings. The van der Waals surface area contributed by atoms with Crippen molar-refractivity contribution in [1.82, 2.24) is 9.97 Å². The van der Waals surface area contributed by atoms with Crippen LogP contribution in [0.1, 0.15) is 10.4 Å². The molecule has 0 radical (unpaired) electrons. The minimum atomic E-state index is -0.223. The number of hydrogen-bond acceptors (Lipinski definition) is 5. The van der Waals surface area contributed by atoms with Gasteiger partial charge in [-0.15, -0.1) is 22.7 Å². The average molecular weight is 527 g/mol. The fourth-order valence-electron chi connectivity index (χ4n) is 3.19. The average Bonchev–Trinajstić information content (AvgIpc) is 3.42. The molecular weight excluding hydrogens is 514 g/mol. The van der Waals surface area contributed by atoms with Crippen molar-refractivity contribution in [2.75, 3.05) is 5.32 Å². The topological polar surface area (TPSA) is 54.9 Å². The van der Waals surface area contributed by atoms with Crippen molar-refractivity contribution < 1.29 is 4.79 Å². The first kappa shape index (κ1) is 20.3. The van der Waals surface area contributed by atoms with Gasteiger partial charge in [-0.1, -0.05) is 57.9 Å². The summed E-state index contributed by atoms with van der Waals surface area (Å²) < 4.78 is 1.69. The molecule has 8 heteroatoms. The summed E-state index contributed by atoms with van der Waals surface area (Å²) in [5.74, 6) is -0.223. The highest BCUT2D eigenvalue weighted by atomic mass is 79.9. The Bertz CT molecular complexity index is 1410. The lowest BCUT2D eigenvalue weighted by molar-refractivity contribution is 0.102. The van der Waals surface area contributed by atoms with E-state index in [2.05, 4.69) is 26.2 Å². The van der Waals surface area contributed by atoms with Gasteiger partial charge >= 0.3 is 0 Å². The largest absolute Gasteiger partial charge is 0.298 e. The van der Waals surface area contributed by atoms with Crippen LogP contribution in [-0.2, 0) is 0 Å².